The van der Waals surface area contributed by atoms with Crippen LogP contribution in [0.2, 0.25) is 0 Å². The summed E-state index contributed by atoms with van der Waals surface area (Å²) in [5, 5.41) is 3.44. The highest BCUT2D eigenvalue weighted by Gasteiger charge is 2.31. The summed E-state index contributed by atoms with van der Waals surface area (Å²) in [6.45, 7) is 0.667. The van der Waals surface area contributed by atoms with Gasteiger partial charge in [0, 0.05) is 31.9 Å². The van der Waals surface area contributed by atoms with Gasteiger partial charge in [-0.05, 0) is 42.3 Å². The van der Waals surface area contributed by atoms with Crippen LogP contribution in [0.3, 0.4) is 0 Å². The van der Waals surface area contributed by atoms with Gasteiger partial charge in [-0.3, -0.25) is 9.59 Å². The molecule has 1 N–H and O–H groups in total. The molecule has 9 heteroatoms. The van der Waals surface area contributed by atoms with Crippen LogP contribution in [-0.2, 0) is 18.4 Å². The Hall–Kier alpha value is -3.75. The van der Waals surface area contributed by atoms with Gasteiger partial charge in [-0.15, -0.1) is 0 Å². The smallest absolute Gasteiger partial charge is 0.270 e. The lowest BCUT2D eigenvalue weighted by atomic mass is 10.1. The minimum absolute atomic E-state index is 0.0783. The molecule has 0 atom stereocenters. The number of methoxy groups -OCH3 is 3. The molecule has 1 fully saturated rings. The Bertz CT molecular complexity index is 1210. The molecule has 1 saturated heterocycles. The minimum Gasteiger partial charge on any atom is -0.493 e. The predicted molar refractivity (Wildman–Crippen MR) is 122 cm³/mol. The van der Waals surface area contributed by atoms with E-state index in [0.29, 0.717) is 58.9 Å². The molecule has 2 heterocycles. The van der Waals surface area contributed by atoms with Crippen molar-refractivity contribution in [3.05, 3.63) is 47.4 Å². The third kappa shape index (κ3) is 3.94. The van der Waals surface area contributed by atoms with E-state index < -0.39 is 5.82 Å². The molecule has 2 aromatic carbocycles. The van der Waals surface area contributed by atoms with Gasteiger partial charge < -0.3 is 29.0 Å². The summed E-state index contributed by atoms with van der Waals surface area (Å²) < 4.78 is 31.9. The van der Waals surface area contributed by atoms with Crippen molar-refractivity contribution in [1.82, 2.24) is 9.88 Å². The van der Waals surface area contributed by atoms with Crippen molar-refractivity contribution in [2.24, 2.45) is 7.05 Å². The number of hydrogen-bond acceptors (Lipinski definition) is 5. The van der Waals surface area contributed by atoms with Crippen molar-refractivity contribution in [3.8, 4) is 17.2 Å². The molecule has 1 aliphatic heterocycles. The number of benzene rings is 2. The molecule has 3 aromatic rings. The standard InChI is InChI=1S/C24H26FN3O5/c1-27-17-8-7-15(25)12-16(17)21(28-9-5-6-20(28)29)22(27)24(30)26-13-14-10-18(31-2)23(33-4)19(11-14)32-3/h7-8,10-12H,5-6,9,13H2,1-4H3,(H,26,30). The van der Waals surface area contributed by atoms with Crippen LogP contribution < -0.4 is 24.4 Å². The highest BCUT2D eigenvalue weighted by atomic mass is 19.1. The highest BCUT2D eigenvalue weighted by Crippen LogP contribution is 2.39. The van der Waals surface area contributed by atoms with Crippen molar-refractivity contribution in [3.63, 3.8) is 0 Å². The summed E-state index contributed by atoms with van der Waals surface area (Å²) in [5.74, 6) is 0.531. The highest BCUT2D eigenvalue weighted by molar-refractivity contribution is 6.14. The first-order chi connectivity index (χ1) is 15.9. The maximum Gasteiger partial charge on any atom is 0.270 e. The average molecular weight is 455 g/mol. The van der Waals surface area contributed by atoms with Crippen LogP contribution in [0.5, 0.6) is 17.2 Å². The fraction of sp³-hybridized carbons (Fsp3) is 0.333. The zero-order valence-electron chi connectivity index (χ0n) is 19.0. The normalized spacial score (nSPS) is 13.5. The first kappa shape index (κ1) is 22.4. The summed E-state index contributed by atoms with van der Waals surface area (Å²) in [6, 6.07) is 7.83. The van der Waals surface area contributed by atoms with Crippen molar-refractivity contribution < 1.29 is 28.2 Å². The second-order valence-corrected chi connectivity index (χ2v) is 7.78. The number of nitrogens with one attached hydrogen (secondary N) is 1. The minimum atomic E-state index is -0.426. The number of fused-ring (bicyclic) bond motifs is 1. The number of carbonyl (C=O) groups is 2. The van der Waals surface area contributed by atoms with Crippen molar-refractivity contribution in [1.29, 1.82) is 0 Å². The topological polar surface area (TPSA) is 82.0 Å². The van der Waals surface area contributed by atoms with Gasteiger partial charge in [0.25, 0.3) is 5.91 Å². The molecule has 0 radical (unpaired) electrons. The van der Waals surface area contributed by atoms with E-state index in [1.807, 2.05) is 0 Å². The van der Waals surface area contributed by atoms with Crippen LogP contribution in [0.15, 0.2) is 30.3 Å². The first-order valence-corrected chi connectivity index (χ1v) is 10.5. The zero-order valence-corrected chi connectivity index (χ0v) is 19.0. The number of ether oxygens (including phenoxy) is 3. The van der Waals surface area contributed by atoms with Crippen LogP contribution in [0.4, 0.5) is 10.1 Å². The van der Waals surface area contributed by atoms with Crippen LogP contribution in [0.25, 0.3) is 10.9 Å². The Kier molecular flexibility index (Phi) is 6.13. The van der Waals surface area contributed by atoms with Crippen LogP contribution >= 0.6 is 0 Å². The lowest BCUT2D eigenvalue weighted by Crippen LogP contribution is -2.30. The van der Waals surface area contributed by atoms with Gasteiger partial charge in [0.1, 0.15) is 11.5 Å². The van der Waals surface area contributed by atoms with Gasteiger partial charge in [-0.1, -0.05) is 0 Å². The van der Waals surface area contributed by atoms with E-state index in [1.165, 1.54) is 33.5 Å². The first-order valence-electron chi connectivity index (χ1n) is 10.5. The molecule has 33 heavy (non-hydrogen) atoms. The number of amides is 2. The van der Waals surface area contributed by atoms with E-state index in [-0.39, 0.29) is 18.4 Å². The number of halogens is 1. The maximum absolute atomic E-state index is 14.1. The third-order valence-corrected chi connectivity index (χ3v) is 5.87. The third-order valence-electron chi connectivity index (χ3n) is 5.87. The Morgan fingerprint density at radius 3 is 2.36 bits per heavy atom. The number of nitrogens with zero attached hydrogens (tertiary/aromatic N) is 2. The van der Waals surface area contributed by atoms with Crippen LogP contribution in [0.1, 0.15) is 28.9 Å². The molecule has 4 rings (SSSR count). The van der Waals surface area contributed by atoms with Crippen molar-refractivity contribution in [2.45, 2.75) is 19.4 Å². The Morgan fingerprint density at radius 2 is 1.79 bits per heavy atom. The summed E-state index contributed by atoms with van der Waals surface area (Å²) in [7, 11) is 6.30. The fourth-order valence-corrected chi connectivity index (χ4v) is 4.32. The van der Waals surface area contributed by atoms with E-state index in [4.69, 9.17) is 14.2 Å². The van der Waals surface area contributed by atoms with E-state index in [0.717, 1.165) is 5.56 Å². The molecule has 2 amide bonds. The Labute approximate surface area is 190 Å². The molecule has 0 bridgehead atoms. The lowest BCUT2D eigenvalue weighted by molar-refractivity contribution is -0.117. The molecule has 8 nitrogen and oxygen atoms in total. The molecule has 1 aromatic heterocycles. The number of carbonyl (C=O) groups excluding carboxylic acids is 2. The van der Waals surface area contributed by atoms with Crippen LogP contribution in [-0.4, -0.2) is 44.3 Å². The zero-order chi connectivity index (χ0) is 23.7. The molecule has 0 spiro atoms. The second kappa shape index (κ2) is 9.01. The van der Waals surface area contributed by atoms with Gasteiger partial charge in [0.15, 0.2) is 11.5 Å². The Balaban J connectivity index is 1.71. The second-order valence-electron chi connectivity index (χ2n) is 7.78. The van der Waals surface area contributed by atoms with E-state index in [2.05, 4.69) is 5.32 Å². The SMILES string of the molecule is COc1cc(CNC(=O)c2c(N3CCCC3=O)c3cc(F)ccc3n2C)cc(OC)c1OC. The molecular weight excluding hydrogens is 429 g/mol. The summed E-state index contributed by atoms with van der Waals surface area (Å²) in [6.07, 6.45) is 1.09. The average Bonchev–Trinajstić information content (AvgIpc) is 3.36. The predicted octanol–water partition coefficient (Wildman–Crippen LogP) is 3.40. The van der Waals surface area contributed by atoms with Gasteiger partial charge in [0.2, 0.25) is 11.7 Å². The van der Waals surface area contributed by atoms with E-state index in [9.17, 15) is 14.0 Å². The van der Waals surface area contributed by atoms with Crippen molar-refractivity contribution in [2.75, 3.05) is 32.8 Å². The number of anilines is 1. The van der Waals surface area contributed by atoms with Gasteiger partial charge in [-0.2, -0.15) is 0 Å². The molecular formula is C24H26FN3O5. The maximum atomic E-state index is 14.1. The Morgan fingerprint density at radius 1 is 1.09 bits per heavy atom. The lowest BCUT2D eigenvalue weighted by Gasteiger charge is -2.18. The number of aryl methyl sites for hydroxylation is 1. The number of aromatic nitrogens is 1. The van der Waals surface area contributed by atoms with E-state index in [1.54, 1.807) is 34.7 Å². The summed E-state index contributed by atoms with van der Waals surface area (Å²) >= 11 is 0. The summed E-state index contributed by atoms with van der Waals surface area (Å²) in [4.78, 5) is 27.5. The van der Waals surface area contributed by atoms with Gasteiger partial charge in [0.05, 0.1) is 32.5 Å². The molecule has 174 valence electrons. The van der Waals surface area contributed by atoms with E-state index >= 15 is 0 Å². The molecule has 0 aliphatic carbocycles. The summed E-state index contributed by atoms with van der Waals surface area (Å²) in [5.41, 5.74) is 2.15. The monoisotopic (exact) mass is 455 g/mol. The van der Waals surface area contributed by atoms with Crippen molar-refractivity contribution >= 4 is 28.4 Å². The molecule has 1 aliphatic rings. The largest absolute Gasteiger partial charge is 0.493 e. The quantitative estimate of drug-likeness (QED) is 0.591. The van der Waals surface area contributed by atoms with Crippen LogP contribution in [0, 0.1) is 5.82 Å². The van der Waals surface area contributed by atoms with Gasteiger partial charge >= 0.3 is 0 Å². The molecule has 0 saturated carbocycles. The fourth-order valence-electron chi connectivity index (χ4n) is 4.32. The van der Waals surface area contributed by atoms with Gasteiger partial charge in [-0.25, -0.2) is 4.39 Å². The molecule has 0 unspecified atom stereocenters. The number of hydrogen-bond donors (Lipinski definition) is 1. The number of rotatable bonds is 7.